The Balaban J connectivity index is 1.97. The van der Waals surface area contributed by atoms with Gasteiger partial charge in [-0.1, -0.05) is 26.3 Å². The molecule has 0 N–H and O–H groups in total. The van der Waals surface area contributed by atoms with Crippen molar-refractivity contribution >= 4 is 5.69 Å². The molecule has 136 valence electrons. The first-order valence-electron chi connectivity index (χ1n) is 8.78. The largest absolute Gasteiger partial charge is 0.435 e. The summed E-state index contributed by atoms with van der Waals surface area (Å²) < 4.78 is 41.0. The number of aromatic nitrogens is 2. The van der Waals surface area contributed by atoms with E-state index in [0.29, 0.717) is 11.5 Å². The van der Waals surface area contributed by atoms with Crippen LogP contribution in [0.3, 0.4) is 0 Å². The molecule has 0 fully saturated rings. The SMILES string of the molecule is CCC(C)CN1CCCc2cc(-c3cn(C)nc3C(F)(F)F)ccc21. The van der Waals surface area contributed by atoms with Crippen molar-refractivity contribution < 1.29 is 13.2 Å². The number of nitrogens with zero attached hydrogens (tertiary/aromatic N) is 3. The molecule has 1 atom stereocenters. The van der Waals surface area contributed by atoms with Crippen LogP contribution in [0.5, 0.6) is 0 Å². The standard InChI is InChI=1S/C19H24F3N3/c1-4-13(2)11-25-9-5-6-15-10-14(7-8-17(15)25)16-12-24(3)23-18(16)19(20,21)22/h7-8,10,12-13H,4-6,9,11H2,1-3H3. The second-order valence-electron chi connectivity index (χ2n) is 6.97. The summed E-state index contributed by atoms with van der Waals surface area (Å²) in [4.78, 5) is 2.37. The van der Waals surface area contributed by atoms with Crippen molar-refractivity contribution in [3.63, 3.8) is 0 Å². The van der Waals surface area contributed by atoms with Gasteiger partial charge in [0.2, 0.25) is 0 Å². The third kappa shape index (κ3) is 3.67. The maximum atomic E-state index is 13.2. The highest BCUT2D eigenvalue weighted by molar-refractivity contribution is 5.71. The van der Waals surface area contributed by atoms with E-state index in [4.69, 9.17) is 0 Å². The average Bonchev–Trinajstić information content (AvgIpc) is 2.97. The minimum absolute atomic E-state index is 0.150. The molecule has 1 aliphatic heterocycles. The van der Waals surface area contributed by atoms with Gasteiger partial charge in [-0.3, -0.25) is 4.68 Å². The third-order valence-corrected chi connectivity index (χ3v) is 4.93. The fourth-order valence-electron chi connectivity index (χ4n) is 3.45. The van der Waals surface area contributed by atoms with Gasteiger partial charge in [0, 0.05) is 37.6 Å². The van der Waals surface area contributed by atoms with E-state index in [1.165, 1.54) is 17.9 Å². The molecule has 1 aromatic carbocycles. The molecule has 0 saturated heterocycles. The molecule has 0 radical (unpaired) electrons. The molecule has 1 unspecified atom stereocenters. The lowest BCUT2D eigenvalue weighted by molar-refractivity contribution is -0.140. The third-order valence-electron chi connectivity index (χ3n) is 4.93. The van der Waals surface area contributed by atoms with Crippen LogP contribution in [-0.2, 0) is 19.6 Å². The Morgan fingerprint density at radius 1 is 1.28 bits per heavy atom. The summed E-state index contributed by atoms with van der Waals surface area (Å²) in [6, 6.07) is 5.67. The normalized spacial score (nSPS) is 16.0. The number of aryl methyl sites for hydroxylation is 2. The highest BCUT2D eigenvalue weighted by Gasteiger charge is 2.37. The Bertz CT molecular complexity index is 749. The molecule has 2 heterocycles. The maximum Gasteiger partial charge on any atom is 0.435 e. The molecule has 0 saturated carbocycles. The number of halogens is 3. The van der Waals surface area contributed by atoms with E-state index in [9.17, 15) is 13.2 Å². The Labute approximate surface area is 146 Å². The van der Waals surface area contributed by atoms with Gasteiger partial charge in [-0.2, -0.15) is 18.3 Å². The first-order chi connectivity index (χ1) is 11.8. The van der Waals surface area contributed by atoms with Crippen LogP contribution >= 0.6 is 0 Å². The van der Waals surface area contributed by atoms with Crippen LogP contribution in [-0.4, -0.2) is 22.9 Å². The fraction of sp³-hybridized carbons (Fsp3) is 0.526. The molecule has 0 bridgehead atoms. The second-order valence-corrected chi connectivity index (χ2v) is 6.97. The number of rotatable bonds is 4. The molecule has 0 amide bonds. The average molecular weight is 351 g/mol. The van der Waals surface area contributed by atoms with Crippen LogP contribution in [0.15, 0.2) is 24.4 Å². The van der Waals surface area contributed by atoms with Crippen molar-refractivity contribution in [1.82, 2.24) is 9.78 Å². The van der Waals surface area contributed by atoms with E-state index in [-0.39, 0.29) is 5.56 Å². The number of hydrogen-bond donors (Lipinski definition) is 0. The van der Waals surface area contributed by atoms with Crippen LogP contribution in [0, 0.1) is 5.92 Å². The minimum Gasteiger partial charge on any atom is -0.371 e. The van der Waals surface area contributed by atoms with E-state index in [2.05, 4.69) is 23.8 Å². The highest BCUT2D eigenvalue weighted by atomic mass is 19.4. The topological polar surface area (TPSA) is 21.1 Å². The van der Waals surface area contributed by atoms with E-state index in [1.807, 2.05) is 12.1 Å². The maximum absolute atomic E-state index is 13.2. The first-order valence-corrected chi connectivity index (χ1v) is 8.78. The van der Waals surface area contributed by atoms with Gasteiger partial charge < -0.3 is 4.90 Å². The van der Waals surface area contributed by atoms with Crippen LogP contribution in [0.1, 0.15) is 37.9 Å². The first kappa shape index (κ1) is 17.8. The molecule has 6 heteroatoms. The molecule has 3 nitrogen and oxygen atoms in total. The van der Waals surface area contributed by atoms with Crippen molar-refractivity contribution in [2.75, 3.05) is 18.0 Å². The monoisotopic (exact) mass is 351 g/mol. The van der Waals surface area contributed by atoms with Crippen LogP contribution in [0.25, 0.3) is 11.1 Å². The van der Waals surface area contributed by atoms with Gasteiger partial charge >= 0.3 is 6.18 Å². The molecular formula is C19H24F3N3. The zero-order chi connectivity index (χ0) is 18.2. The van der Waals surface area contributed by atoms with Gasteiger partial charge in [-0.25, -0.2) is 0 Å². The lowest BCUT2D eigenvalue weighted by Gasteiger charge is -2.33. The zero-order valence-electron chi connectivity index (χ0n) is 14.9. The molecule has 3 rings (SSSR count). The summed E-state index contributed by atoms with van der Waals surface area (Å²) in [5, 5.41) is 3.62. The molecule has 25 heavy (non-hydrogen) atoms. The number of anilines is 1. The van der Waals surface area contributed by atoms with Gasteiger partial charge in [-0.15, -0.1) is 0 Å². The van der Waals surface area contributed by atoms with Gasteiger partial charge in [-0.05, 0) is 42.0 Å². The molecule has 2 aromatic rings. The van der Waals surface area contributed by atoms with Crippen molar-refractivity contribution in [1.29, 1.82) is 0 Å². The lowest BCUT2D eigenvalue weighted by atomic mass is 9.95. The quantitative estimate of drug-likeness (QED) is 0.781. The predicted octanol–water partition coefficient (Wildman–Crippen LogP) is 4.90. The van der Waals surface area contributed by atoms with Crippen molar-refractivity contribution in [2.24, 2.45) is 13.0 Å². The second kappa shape index (κ2) is 6.73. The molecule has 1 aromatic heterocycles. The zero-order valence-corrected chi connectivity index (χ0v) is 14.9. The molecule has 0 spiro atoms. The Morgan fingerprint density at radius 3 is 2.72 bits per heavy atom. The molecular weight excluding hydrogens is 327 g/mol. The van der Waals surface area contributed by atoms with Gasteiger partial charge in [0.15, 0.2) is 5.69 Å². The van der Waals surface area contributed by atoms with Crippen LogP contribution < -0.4 is 4.90 Å². The van der Waals surface area contributed by atoms with Crippen LogP contribution in [0.2, 0.25) is 0 Å². The predicted molar refractivity (Wildman–Crippen MR) is 93.6 cm³/mol. The minimum atomic E-state index is -4.45. The van der Waals surface area contributed by atoms with E-state index < -0.39 is 11.9 Å². The van der Waals surface area contributed by atoms with Gasteiger partial charge in [0.1, 0.15) is 0 Å². The van der Waals surface area contributed by atoms with E-state index in [1.54, 1.807) is 6.07 Å². The van der Waals surface area contributed by atoms with E-state index in [0.717, 1.165) is 43.6 Å². The van der Waals surface area contributed by atoms with Gasteiger partial charge in [0.05, 0.1) is 0 Å². The van der Waals surface area contributed by atoms with Gasteiger partial charge in [0.25, 0.3) is 0 Å². The highest BCUT2D eigenvalue weighted by Crippen LogP contribution is 2.38. The summed E-state index contributed by atoms with van der Waals surface area (Å²) in [5.74, 6) is 0.598. The fourth-order valence-corrected chi connectivity index (χ4v) is 3.45. The smallest absolute Gasteiger partial charge is 0.371 e. The number of alkyl halides is 3. The Morgan fingerprint density at radius 2 is 2.04 bits per heavy atom. The summed E-state index contributed by atoms with van der Waals surface area (Å²) in [6.45, 7) is 6.41. The Kier molecular flexibility index (Phi) is 4.80. The number of fused-ring (bicyclic) bond motifs is 1. The number of benzene rings is 1. The summed E-state index contributed by atoms with van der Waals surface area (Å²) in [6.07, 6.45) is 0.0573. The number of hydrogen-bond acceptors (Lipinski definition) is 2. The Hall–Kier alpha value is -1.98. The summed E-state index contributed by atoms with van der Waals surface area (Å²) in [5.41, 5.74) is 2.21. The van der Waals surface area contributed by atoms with Crippen molar-refractivity contribution in [3.8, 4) is 11.1 Å². The van der Waals surface area contributed by atoms with Crippen molar-refractivity contribution in [2.45, 2.75) is 39.3 Å². The summed E-state index contributed by atoms with van der Waals surface area (Å²) in [7, 11) is 1.52. The van der Waals surface area contributed by atoms with Crippen LogP contribution in [0.4, 0.5) is 18.9 Å². The van der Waals surface area contributed by atoms with Crippen molar-refractivity contribution in [3.05, 3.63) is 35.7 Å². The molecule has 1 aliphatic rings. The van der Waals surface area contributed by atoms with E-state index >= 15 is 0 Å². The summed E-state index contributed by atoms with van der Waals surface area (Å²) >= 11 is 0. The molecule has 0 aliphatic carbocycles. The lowest BCUT2D eigenvalue weighted by Crippen LogP contribution is -2.33.